The summed E-state index contributed by atoms with van der Waals surface area (Å²) in [7, 11) is 0. The smallest absolute Gasteiger partial charge is 0.328 e. The van der Waals surface area contributed by atoms with E-state index in [1.165, 1.54) is 12.1 Å². The second-order valence-corrected chi connectivity index (χ2v) is 9.06. The lowest BCUT2D eigenvalue weighted by Crippen LogP contribution is -2.43. The molecule has 2 amide bonds. The third kappa shape index (κ3) is 4.26. The van der Waals surface area contributed by atoms with Gasteiger partial charge in [-0.3, -0.25) is 0 Å². The molecular formula is C25H28FN5O2. The number of nitrogens with zero attached hydrogens (tertiary/aromatic N) is 3. The molecule has 0 radical (unpaired) electrons. The zero-order chi connectivity index (χ0) is 23.9. The summed E-state index contributed by atoms with van der Waals surface area (Å²) in [4.78, 5) is 24.2. The molecule has 0 saturated carbocycles. The van der Waals surface area contributed by atoms with Crippen LogP contribution in [0.4, 0.5) is 26.6 Å². The average molecular weight is 450 g/mol. The molecule has 33 heavy (non-hydrogen) atoms. The second kappa shape index (κ2) is 8.44. The zero-order valence-corrected chi connectivity index (χ0v) is 19.5. The van der Waals surface area contributed by atoms with Crippen LogP contribution in [0, 0.1) is 26.6 Å². The fourth-order valence-electron chi connectivity index (χ4n) is 4.04. The van der Waals surface area contributed by atoms with Crippen LogP contribution in [-0.4, -0.2) is 33.3 Å². The van der Waals surface area contributed by atoms with Crippen molar-refractivity contribution in [3.63, 3.8) is 0 Å². The molecule has 0 bridgehead atoms. The predicted octanol–water partition coefficient (Wildman–Crippen LogP) is 4.75. The van der Waals surface area contributed by atoms with Gasteiger partial charge in [-0.1, -0.05) is 18.2 Å². The third-order valence-electron chi connectivity index (χ3n) is 5.77. The number of benzene rings is 2. The monoisotopic (exact) mass is 449 g/mol. The van der Waals surface area contributed by atoms with Crippen LogP contribution in [0.3, 0.4) is 0 Å². The first-order valence-corrected chi connectivity index (χ1v) is 10.8. The Morgan fingerprint density at radius 2 is 1.82 bits per heavy atom. The van der Waals surface area contributed by atoms with Crippen molar-refractivity contribution in [2.45, 2.75) is 46.7 Å². The minimum Gasteiger partial charge on any atom is -0.394 e. The van der Waals surface area contributed by atoms with Gasteiger partial charge in [-0.05, 0) is 69.5 Å². The highest BCUT2D eigenvalue weighted by Gasteiger charge is 2.33. The summed E-state index contributed by atoms with van der Waals surface area (Å²) >= 11 is 0. The van der Waals surface area contributed by atoms with E-state index in [0.717, 1.165) is 33.5 Å². The average Bonchev–Trinajstić information content (AvgIpc) is 2.74. The number of fused-ring (bicyclic) bond motifs is 1. The molecule has 0 unspecified atom stereocenters. The van der Waals surface area contributed by atoms with Crippen molar-refractivity contribution in [2.75, 3.05) is 16.8 Å². The maximum Gasteiger partial charge on any atom is 0.328 e. The lowest BCUT2D eigenvalue weighted by atomic mass is 9.99. The normalized spacial score (nSPS) is 13.5. The van der Waals surface area contributed by atoms with Gasteiger partial charge in [0.25, 0.3) is 0 Å². The van der Waals surface area contributed by atoms with Crippen molar-refractivity contribution in [2.24, 2.45) is 0 Å². The van der Waals surface area contributed by atoms with Gasteiger partial charge in [0.1, 0.15) is 5.82 Å². The summed E-state index contributed by atoms with van der Waals surface area (Å²) in [5, 5.41) is 15.9. The quantitative estimate of drug-likeness (QED) is 0.523. The molecule has 0 atom stereocenters. The van der Waals surface area contributed by atoms with Gasteiger partial charge in [0.05, 0.1) is 30.1 Å². The molecule has 0 fully saturated rings. The minimum atomic E-state index is -0.691. The van der Waals surface area contributed by atoms with E-state index in [1.54, 1.807) is 11.0 Å². The largest absolute Gasteiger partial charge is 0.394 e. The summed E-state index contributed by atoms with van der Waals surface area (Å²) in [5.74, 6) is 0.406. The van der Waals surface area contributed by atoms with E-state index < -0.39 is 5.54 Å². The number of carbonyl (C=O) groups is 1. The molecule has 7 nitrogen and oxygen atoms in total. The summed E-state index contributed by atoms with van der Waals surface area (Å²) < 4.78 is 13.8. The standard InChI is InChI=1S/C25H28FN5O2/c1-14-7-6-8-15(2)21(14)31-22-19(12-27-24(31)33)20(18-10-9-17(26)11-16(18)3)28-23(29-22)30-25(4,5)13-32/h6-11,32H,12-13H2,1-5H3,(H,27,33)(H,28,29,30). The Hall–Kier alpha value is -3.52. The molecular weight excluding hydrogens is 421 g/mol. The molecule has 1 aliphatic rings. The number of halogens is 1. The van der Waals surface area contributed by atoms with Crippen LogP contribution >= 0.6 is 0 Å². The first kappa shape index (κ1) is 22.7. The number of aliphatic hydroxyl groups is 1. The van der Waals surface area contributed by atoms with Gasteiger partial charge in [0.2, 0.25) is 5.95 Å². The summed E-state index contributed by atoms with van der Waals surface area (Å²) in [5.41, 5.74) is 4.73. The van der Waals surface area contributed by atoms with Gasteiger partial charge in [-0.25, -0.2) is 19.1 Å². The van der Waals surface area contributed by atoms with Gasteiger partial charge in [0.15, 0.2) is 5.82 Å². The number of anilines is 3. The van der Waals surface area contributed by atoms with E-state index in [4.69, 9.17) is 9.97 Å². The van der Waals surface area contributed by atoms with Crippen LogP contribution < -0.4 is 15.5 Å². The number of aliphatic hydroxyl groups excluding tert-OH is 1. The van der Waals surface area contributed by atoms with Gasteiger partial charge in [-0.15, -0.1) is 0 Å². The number of aromatic nitrogens is 2. The fourth-order valence-corrected chi connectivity index (χ4v) is 4.04. The highest BCUT2D eigenvalue weighted by Crippen LogP contribution is 2.39. The number of rotatable bonds is 5. The molecule has 2 heterocycles. The van der Waals surface area contributed by atoms with Crippen molar-refractivity contribution in [1.82, 2.24) is 15.3 Å². The molecule has 2 aromatic carbocycles. The third-order valence-corrected chi connectivity index (χ3v) is 5.77. The van der Waals surface area contributed by atoms with E-state index in [-0.39, 0.29) is 30.9 Å². The molecule has 1 aliphatic heterocycles. The fraction of sp³-hybridized carbons (Fsp3) is 0.320. The number of nitrogens with one attached hydrogen (secondary N) is 2. The molecule has 0 spiro atoms. The molecule has 1 aromatic heterocycles. The predicted molar refractivity (Wildman–Crippen MR) is 127 cm³/mol. The van der Waals surface area contributed by atoms with Crippen LogP contribution in [0.5, 0.6) is 0 Å². The number of para-hydroxylation sites is 1. The minimum absolute atomic E-state index is 0.139. The second-order valence-electron chi connectivity index (χ2n) is 9.06. The van der Waals surface area contributed by atoms with Crippen LogP contribution in [-0.2, 0) is 6.54 Å². The van der Waals surface area contributed by atoms with E-state index in [1.807, 2.05) is 52.8 Å². The lowest BCUT2D eigenvalue weighted by Gasteiger charge is -2.33. The van der Waals surface area contributed by atoms with E-state index in [9.17, 15) is 14.3 Å². The van der Waals surface area contributed by atoms with Crippen molar-refractivity contribution in [1.29, 1.82) is 0 Å². The Balaban J connectivity index is 2.00. The van der Waals surface area contributed by atoms with Crippen molar-refractivity contribution >= 4 is 23.5 Å². The van der Waals surface area contributed by atoms with Crippen LogP contribution in [0.2, 0.25) is 0 Å². The molecule has 172 valence electrons. The zero-order valence-electron chi connectivity index (χ0n) is 19.5. The molecule has 0 saturated heterocycles. The molecule has 0 aliphatic carbocycles. The van der Waals surface area contributed by atoms with E-state index in [2.05, 4.69) is 10.6 Å². The van der Waals surface area contributed by atoms with Crippen LogP contribution in [0.25, 0.3) is 11.3 Å². The van der Waals surface area contributed by atoms with Crippen LogP contribution in [0.15, 0.2) is 36.4 Å². The van der Waals surface area contributed by atoms with Gasteiger partial charge in [-0.2, -0.15) is 4.98 Å². The van der Waals surface area contributed by atoms with Crippen molar-refractivity contribution < 1.29 is 14.3 Å². The number of urea groups is 1. The first-order valence-electron chi connectivity index (χ1n) is 10.8. The number of amides is 2. The summed E-state index contributed by atoms with van der Waals surface area (Å²) in [6.45, 7) is 9.48. The van der Waals surface area contributed by atoms with Crippen LogP contribution in [0.1, 0.15) is 36.1 Å². The number of hydrogen-bond donors (Lipinski definition) is 3. The maximum absolute atomic E-state index is 13.8. The van der Waals surface area contributed by atoms with Crippen molar-refractivity contribution in [3.05, 3.63) is 64.5 Å². The van der Waals surface area contributed by atoms with Gasteiger partial charge >= 0.3 is 6.03 Å². The highest BCUT2D eigenvalue weighted by molar-refractivity contribution is 6.03. The lowest BCUT2D eigenvalue weighted by molar-refractivity contribution is 0.233. The van der Waals surface area contributed by atoms with E-state index in [0.29, 0.717) is 11.5 Å². The molecule has 8 heteroatoms. The van der Waals surface area contributed by atoms with E-state index >= 15 is 0 Å². The summed E-state index contributed by atoms with van der Waals surface area (Å²) in [6, 6.07) is 10.1. The van der Waals surface area contributed by atoms with Crippen molar-refractivity contribution in [3.8, 4) is 11.3 Å². The number of carbonyl (C=O) groups excluding carboxylic acids is 1. The molecule has 4 rings (SSSR count). The number of aryl methyl sites for hydroxylation is 3. The Morgan fingerprint density at radius 3 is 2.45 bits per heavy atom. The highest BCUT2D eigenvalue weighted by atomic mass is 19.1. The number of hydrogen-bond acceptors (Lipinski definition) is 5. The molecule has 3 aromatic rings. The summed E-state index contributed by atoms with van der Waals surface area (Å²) in [6.07, 6.45) is 0. The Kier molecular flexibility index (Phi) is 5.80. The van der Waals surface area contributed by atoms with Gasteiger partial charge < -0.3 is 15.7 Å². The molecule has 3 N–H and O–H groups in total. The Bertz CT molecular complexity index is 1220. The Labute approximate surface area is 192 Å². The topological polar surface area (TPSA) is 90.4 Å². The van der Waals surface area contributed by atoms with Gasteiger partial charge in [0, 0.05) is 11.1 Å². The maximum atomic E-state index is 13.8. The Morgan fingerprint density at radius 1 is 1.12 bits per heavy atom. The first-order chi connectivity index (χ1) is 15.6. The SMILES string of the molecule is Cc1cc(F)ccc1-c1nc(NC(C)(C)CO)nc2c1CNC(=O)N2c1c(C)cccc1C.